The Morgan fingerprint density at radius 1 is 1.00 bits per heavy atom. The molecule has 3 nitrogen and oxygen atoms in total. The molecule has 3 rings (SSSR count). The predicted molar refractivity (Wildman–Crippen MR) is 68.3 cm³/mol. The zero-order chi connectivity index (χ0) is 14.3. The third-order valence-electron chi connectivity index (χ3n) is 4.22. The number of anilines is 1. The van der Waals surface area contributed by atoms with Gasteiger partial charge in [-0.1, -0.05) is 0 Å². The Kier molecular flexibility index (Phi) is 3.11. The second-order valence-electron chi connectivity index (χ2n) is 5.53. The summed E-state index contributed by atoms with van der Waals surface area (Å²) in [5.74, 6) is 0.866. The molecule has 2 atom stereocenters. The topological polar surface area (TPSA) is 23.6 Å². The van der Waals surface area contributed by atoms with Crippen LogP contribution in [-0.2, 0) is 11.0 Å². The summed E-state index contributed by atoms with van der Waals surface area (Å²) in [6.45, 7) is 3.12. The molecule has 0 radical (unpaired) electrons. The molecule has 0 saturated carbocycles. The van der Waals surface area contributed by atoms with Crippen LogP contribution < -0.4 is 4.90 Å². The molecule has 2 fully saturated rings. The number of hydrogen-bond acceptors (Lipinski definition) is 2. The van der Waals surface area contributed by atoms with Gasteiger partial charge in [0.1, 0.15) is 0 Å². The predicted octanol–water partition coefficient (Wildman–Crippen LogP) is 2.23. The average Bonchev–Trinajstić information content (AvgIpc) is 2.95. The van der Waals surface area contributed by atoms with E-state index in [0.717, 1.165) is 50.4 Å². The number of amides is 1. The molecular weight excluding hydrogens is 269 g/mol. The van der Waals surface area contributed by atoms with Gasteiger partial charge in [0.05, 0.1) is 5.56 Å². The first-order valence-electron chi connectivity index (χ1n) is 6.59. The normalized spacial score (nSPS) is 25.9. The van der Waals surface area contributed by atoms with Gasteiger partial charge in [-0.25, -0.2) is 0 Å². The Morgan fingerprint density at radius 3 is 2.00 bits per heavy atom. The van der Waals surface area contributed by atoms with Crippen LogP contribution in [0.1, 0.15) is 5.56 Å². The van der Waals surface area contributed by atoms with Crippen LogP contribution in [0.5, 0.6) is 0 Å². The molecule has 6 heteroatoms. The van der Waals surface area contributed by atoms with Crippen molar-refractivity contribution < 1.29 is 18.0 Å². The number of carbonyl (C=O) groups is 1. The van der Waals surface area contributed by atoms with Crippen LogP contribution in [0.25, 0.3) is 0 Å². The molecule has 2 heterocycles. The summed E-state index contributed by atoms with van der Waals surface area (Å²) in [6, 6.07) is 5.31. The Labute approximate surface area is 115 Å². The molecule has 2 saturated heterocycles. The lowest BCUT2D eigenvalue weighted by Crippen LogP contribution is -2.28. The van der Waals surface area contributed by atoms with Crippen LogP contribution in [0.2, 0.25) is 0 Å². The Morgan fingerprint density at radius 2 is 1.55 bits per heavy atom. The van der Waals surface area contributed by atoms with Gasteiger partial charge in [0, 0.05) is 43.7 Å². The first kappa shape index (κ1) is 13.3. The third kappa shape index (κ3) is 2.34. The highest BCUT2D eigenvalue weighted by Crippen LogP contribution is 2.35. The molecule has 0 spiro atoms. The average molecular weight is 284 g/mol. The number of halogens is 3. The summed E-state index contributed by atoms with van der Waals surface area (Å²) in [7, 11) is 0. The molecule has 0 N–H and O–H groups in total. The maximum absolute atomic E-state index is 12.5. The molecule has 0 bridgehead atoms. The molecule has 2 unspecified atom stereocenters. The molecule has 1 amide bonds. The summed E-state index contributed by atoms with van der Waals surface area (Å²) in [5, 5.41) is 0. The molecule has 2 aliphatic heterocycles. The van der Waals surface area contributed by atoms with E-state index in [1.165, 1.54) is 12.1 Å². The molecule has 0 aliphatic carbocycles. The maximum atomic E-state index is 12.5. The summed E-state index contributed by atoms with van der Waals surface area (Å²) in [4.78, 5) is 14.6. The van der Waals surface area contributed by atoms with Crippen LogP contribution in [0.4, 0.5) is 18.9 Å². The van der Waals surface area contributed by atoms with Crippen molar-refractivity contribution >= 4 is 12.1 Å². The van der Waals surface area contributed by atoms with Crippen molar-refractivity contribution in [3.63, 3.8) is 0 Å². The van der Waals surface area contributed by atoms with E-state index >= 15 is 0 Å². The highest BCUT2D eigenvalue weighted by Gasteiger charge is 2.39. The highest BCUT2D eigenvalue weighted by atomic mass is 19.4. The summed E-state index contributed by atoms with van der Waals surface area (Å²) in [6.07, 6.45) is -3.41. The quantitative estimate of drug-likeness (QED) is 0.778. The van der Waals surface area contributed by atoms with Gasteiger partial charge < -0.3 is 9.80 Å². The number of rotatable bonds is 2. The summed E-state index contributed by atoms with van der Waals surface area (Å²) in [5.41, 5.74) is 0.206. The lowest BCUT2D eigenvalue weighted by molar-refractivity contribution is -0.137. The van der Waals surface area contributed by atoms with E-state index in [2.05, 4.69) is 4.90 Å². The largest absolute Gasteiger partial charge is 0.416 e. The van der Waals surface area contributed by atoms with Crippen LogP contribution >= 0.6 is 0 Å². The molecule has 1 aromatic carbocycles. The highest BCUT2D eigenvalue weighted by molar-refractivity contribution is 5.51. The van der Waals surface area contributed by atoms with Gasteiger partial charge in [-0.15, -0.1) is 0 Å². The minimum Gasteiger partial charge on any atom is -0.371 e. The summed E-state index contributed by atoms with van der Waals surface area (Å²) >= 11 is 0. The van der Waals surface area contributed by atoms with Crippen LogP contribution in [0.3, 0.4) is 0 Å². The molecule has 20 heavy (non-hydrogen) atoms. The van der Waals surface area contributed by atoms with Crippen molar-refractivity contribution in [3.8, 4) is 0 Å². The number of carbonyl (C=O) groups excluding carboxylic acids is 1. The minimum atomic E-state index is -4.29. The van der Waals surface area contributed by atoms with Crippen molar-refractivity contribution in [1.82, 2.24) is 4.90 Å². The van der Waals surface area contributed by atoms with Gasteiger partial charge >= 0.3 is 6.18 Å². The number of likely N-dealkylation sites (tertiary alicyclic amines) is 1. The van der Waals surface area contributed by atoms with Crippen molar-refractivity contribution in [2.24, 2.45) is 11.8 Å². The Bertz CT molecular complexity index is 486. The van der Waals surface area contributed by atoms with Crippen LogP contribution in [-0.4, -0.2) is 37.5 Å². The number of hydrogen-bond donors (Lipinski definition) is 0. The fraction of sp³-hybridized carbons (Fsp3) is 0.500. The van der Waals surface area contributed by atoms with E-state index in [1.807, 2.05) is 0 Å². The van der Waals surface area contributed by atoms with Crippen LogP contribution in [0.15, 0.2) is 24.3 Å². The van der Waals surface area contributed by atoms with E-state index in [0.29, 0.717) is 11.8 Å². The standard InChI is InChI=1S/C14H15F3N2O/c15-14(16,17)12-1-3-13(4-2-12)19-7-10-5-18(9-20)6-11(10)8-19/h1-4,9-11H,5-8H2. The van der Waals surface area contributed by atoms with Gasteiger partial charge in [0.2, 0.25) is 6.41 Å². The maximum Gasteiger partial charge on any atom is 0.416 e. The zero-order valence-corrected chi connectivity index (χ0v) is 10.8. The van der Waals surface area contributed by atoms with Crippen molar-refractivity contribution in [1.29, 1.82) is 0 Å². The van der Waals surface area contributed by atoms with Gasteiger partial charge in [-0.3, -0.25) is 4.79 Å². The SMILES string of the molecule is O=CN1CC2CN(c3ccc(C(F)(F)F)cc3)CC2C1. The van der Waals surface area contributed by atoms with E-state index in [4.69, 9.17) is 0 Å². The van der Waals surface area contributed by atoms with E-state index in [-0.39, 0.29) is 0 Å². The van der Waals surface area contributed by atoms with E-state index in [1.54, 1.807) is 4.90 Å². The smallest absolute Gasteiger partial charge is 0.371 e. The summed E-state index contributed by atoms with van der Waals surface area (Å²) < 4.78 is 37.5. The minimum absolute atomic E-state index is 0.433. The number of benzene rings is 1. The van der Waals surface area contributed by atoms with E-state index < -0.39 is 11.7 Å². The fourth-order valence-electron chi connectivity index (χ4n) is 3.19. The number of alkyl halides is 3. The van der Waals surface area contributed by atoms with Crippen molar-refractivity contribution in [2.45, 2.75) is 6.18 Å². The van der Waals surface area contributed by atoms with Gasteiger partial charge in [-0.2, -0.15) is 13.2 Å². The first-order chi connectivity index (χ1) is 9.47. The first-order valence-corrected chi connectivity index (χ1v) is 6.59. The number of fused-ring (bicyclic) bond motifs is 1. The Hall–Kier alpha value is -1.72. The monoisotopic (exact) mass is 284 g/mol. The third-order valence-corrected chi connectivity index (χ3v) is 4.22. The molecular formula is C14H15F3N2O. The molecule has 2 aliphatic rings. The van der Waals surface area contributed by atoms with Gasteiger partial charge in [-0.05, 0) is 24.3 Å². The second kappa shape index (κ2) is 4.68. The molecule has 1 aromatic rings. The van der Waals surface area contributed by atoms with Crippen molar-refractivity contribution in [3.05, 3.63) is 29.8 Å². The lowest BCUT2D eigenvalue weighted by atomic mass is 10.0. The fourth-order valence-corrected chi connectivity index (χ4v) is 3.19. The second-order valence-corrected chi connectivity index (χ2v) is 5.53. The Balaban J connectivity index is 1.69. The van der Waals surface area contributed by atoms with Gasteiger partial charge in [0.25, 0.3) is 0 Å². The van der Waals surface area contributed by atoms with Crippen LogP contribution in [0, 0.1) is 11.8 Å². The van der Waals surface area contributed by atoms with Crippen molar-refractivity contribution in [2.75, 3.05) is 31.1 Å². The number of nitrogens with zero attached hydrogens (tertiary/aromatic N) is 2. The lowest BCUT2D eigenvalue weighted by Gasteiger charge is -2.22. The van der Waals surface area contributed by atoms with E-state index in [9.17, 15) is 18.0 Å². The van der Waals surface area contributed by atoms with Gasteiger partial charge in [0.15, 0.2) is 0 Å². The zero-order valence-electron chi connectivity index (χ0n) is 10.8. The molecule has 0 aromatic heterocycles. The molecule has 108 valence electrons.